The van der Waals surface area contributed by atoms with Gasteiger partial charge in [-0.3, -0.25) is 14.7 Å². The molecule has 0 radical (unpaired) electrons. The van der Waals surface area contributed by atoms with Crippen molar-refractivity contribution in [3.05, 3.63) is 35.4 Å². The van der Waals surface area contributed by atoms with Gasteiger partial charge in [0.05, 0.1) is 12.5 Å². The number of ether oxygens (including phenoxy) is 1. The van der Waals surface area contributed by atoms with Gasteiger partial charge in [-0.1, -0.05) is 37.1 Å². The number of aliphatic imine (C=N–C) groups is 1. The van der Waals surface area contributed by atoms with Gasteiger partial charge >= 0.3 is 5.97 Å². The average molecular weight is 415 g/mol. The van der Waals surface area contributed by atoms with Crippen LogP contribution in [0.2, 0.25) is 0 Å². The number of hydrogen-bond acceptors (Lipinski definition) is 4. The Labute approximate surface area is 181 Å². The third-order valence-corrected chi connectivity index (χ3v) is 6.27. The highest BCUT2D eigenvalue weighted by Gasteiger charge is 2.27. The summed E-state index contributed by atoms with van der Waals surface area (Å²) in [7, 11) is 1.84. The van der Waals surface area contributed by atoms with Gasteiger partial charge in [0, 0.05) is 33.2 Å². The molecule has 2 aliphatic heterocycles. The van der Waals surface area contributed by atoms with Crippen LogP contribution in [0.3, 0.4) is 0 Å². The normalized spacial score (nSPS) is 19.4. The molecule has 3 rings (SSSR count). The molecule has 2 heterocycles. The fraction of sp³-hybridized carbons (Fsp3) is 0.667. The van der Waals surface area contributed by atoms with Crippen molar-refractivity contribution >= 4 is 11.9 Å². The lowest BCUT2D eigenvalue weighted by atomic mass is 9.97. The zero-order valence-corrected chi connectivity index (χ0v) is 18.7. The van der Waals surface area contributed by atoms with E-state index in [1.807, 2.05) is 14.0 Å². The Morgan fingerprint density at radius 1 is 1.07 bits per heavy atom. The monoisotopic (exact) mass is 414 g/mol. The molecule has 0 aromatic heterocycles. The molecule has 0 bridgehead atoms. The SMILES string of the molecule is CCOC(=O)C1CCN(C(=NC)NCc2ccccc2CN2CCCCCC2)CC1. The van der Waals surface area contributed by atoms with E-state index in [1.54, 1.807) is 0 Å². The molecule has 0 atom stereocenters. The lowest BCUT2D eigenvalue weighted by Gasteiger charge is -2.33. The molecule has 2 aliphatic rings. The van der Waals surface area contributed by atoms with Crippen molar-refractivity contribution in [2.24, 2.45) is 10.9 Å². The van der Waals surface area contributed by atoms with Gasteiger partial charge in [-0.05, 0) is 56.8 Å². The number of guanidine groups is 1. The molecule has 1 N–H and O–H groups in total. The standard InChI is InChI=1S/C24H38N4O2/c1-3-30-23(29)20-12-16-28(17-13-20)24(25-2)26-18-21-10-6-7-11-22(21)19-27-14-8-4-5-9-15-27/h6-7,10-11,20H,3-5,8-9,12-19H2,1-2H3,(H,25,26). The minimum absolute atomic E-state index is 0.0219. The van der Waals surface area contributed by atoms with Crippen LogP contribution in [-0.2, 0) is 22.6 Å². The zero-order chi connectivity index (χ0) is 21.2. The van der Waals surface area contributed by atoms with E-state index in [4.69, 9.17) is 4.74 Å². The maximum absolute atomic E-state index is 12.0. The van der Waals surface area contributed by atoms with Gasteiger partial charge in [0.2, 0.25) is 0 Å². The molecule has 1 aromatic carbocycles. The maximum Gasteiger partial charge on any atom is 0.309 e. The lowest BCUT2D eigenvalue weighted by Crippen LogP contribution is -2.46. The summed E-state index contributed by atoms with van der Waals surface area (Å²) in [4.78, 5) is 21.3. The van der Waals surface area contributed by atoms with Gasteiger partial charge in [-0.2, -0.15) is 0 Å². The van der Waals surface area contributed by atoms with Crippen molar-refractivity contribution < 1.29 is 9.53 Å². The molecule has 1 aromatic rings. The molecule has 166 valence electrons. The van der Waals surface area contributed by atoms with Crippen molar-refractivity contribution in [2.75, 3.05) is 39.8 Å². The summed E-state index contributed by atoms with van der Waals surface area (Å²) in [5.74, 6) is 0.887. The average Bonchev–Trinajstić information content (AvgIpc) is 3.04. The largest absolute Gasteiger partial charge is 0.466 e. The fourth-order valence-corrected chi connectivity index (χ4v) is 4.51. The highest BCUT2D eigenvalue weighted by molar-refractivity contribution is 5.80. The van der Waals surface area contributed by atoms with Crippen molar-refractivity contribution in [1.82, 2.24) is 15.1 Å². The van der Waals surface area contributed by atoms with Crippen LogP contribution in [0.1, 0.15) is 56.6 Å². The third-order valence-electron chi connectivity index (χ3n) is 6.27. The quantitative estimate of drug-likeness (QED) is 0.439. The highest BCUT2D eigenvalue weighted by atomic mass is 16.5. The topological polar surface area (TPSA) is 57.2 Å². The summed E-state index contributed by atoms with van der Waals surface area (Å²) >= 11 is 0. The molecule has 0 spiro atoms. The summed E-state index contributed by atoms with van der Waals surface area (Å²) in [6.07, 6.45) is 7.01. The van der Waals surface area contributed by atoms with Crippen LogP contribution >= 0.6 is 0 Å². The van der Waals surface area contributed by atoms with Crippen LogP contribution in [0.15, 0.2) is 29.3 Å². The van der Waals surface area contributed by atoms with E-state index in [2.05, 4.69) is 44.4 Å². The van der Waals surface area contributed by atoms with Gasteiger partial charge in [0.25, 0.3) is 0 Å². The van der Waals surface area contributed by atoms with E-state index < -0.39 is 0 Å². The van der Waals surface area contributed by atoms with E-state index in [9.17, 15) is 4.79 Å². The Kier molecular flexibility index (Phi) is 9.00. The van der Waals surface area contributed by atoms with E-state index in [1.165, 1.54) is 49.9 Å². The number of rotatable bonds is 6. The molecule has 2 fully saturated rings. The van der Waals surface area contributed by atoms with Crippen LogP contribution in [0.4, 0.5) is 0 Å². The second-order valence-electron chi connectivity index (χ2n) is 8.37. The molecule has 30 heavy (non-hydrogen) atoms. The molecule has 6 nitrogen and oxygen atoms in total. The van der Waals surface area contributed by atoms with Crippen LogP contribution in [0.25, 0.3) is 0 Å². The number of nitrogens with one attached hydrogen (secondary N) is 1. The Hall–Kier alpha value is -2.08. The molecular weight excluding hydrogens is 376 g/mol. The van der Waals surface area contributed by atoms with Crippen molar-refractivity contribution in [3.8, 4) is 0 Å². The van der Waals surface area contributed by atoms with Gasteiger partial charge < -0.3 is 15.0 Å². The second kappa shape index (κ2) is 11.9. The van der Waals surface area contributed by atoms with E-state index >= 15 is 0 Å². The summed E-state index contributed by atoms with van der Waals surface area (Å²) in [6, 6.07) is 8.75. The molecule has 0 amide bonds. The van der Waals surface area contributed by atoms with Crippen LogP contribution in [0, 0.1) is 5.92 Å². The zero-order valence-electron chi connectivity index (χ0n) is 18.7. The Morgan fingerprint density at radius 2 is 1.73 bits per heavy atom. The second-order valence-corrected chi connectivity index (χ2v) is 8.37. The lowest BCUT2D eigenvalue weighted by molar-refractivity contribution is -0.149. The number of likely N-dealkylation sites (tertiary alicyclic amines) is 2. The van der Waals surface area contributed by atoms with Crippen molar-refractivity contribution in [1.29, 1.82) is 0 Å². The number of piperidine rings is 1. The van der Waals surface area contributed by atoms with Crippen LogP contribution in [-0.4, -0.2) is 61.6 Å². The first-order valence-corrected chi connectivity index (χ1v) is 11.6. The van der Waals surface area contributed by atoms with Gasteiger partial charge in [-0.15, -0.1) is 0 Å². The van der Waals surface area contributed by atoms with Crippen molar-refractivity contribution in [3.63, 3.8) is 0 Å². The predicted octanol–water partition coefficient (Wildman–Crippen LogP) is 3.41. The molecular formula is C24H38N4O2. The number of nitrogens with zero attached hydrogens (tertiary/aromatic N) is 3. The Morgan fingerprint density at radius 3 is 2.37 bits per heavy atom. The van der Waals surface area contributed by atoms with Crippen LogP contribution in [0.5, 0.6) is 0 Å². The summed E-state index contributed by atoms with van der Waals surface area (Å²) in [5, 5.41) is 3.56. The Bertz CT molecular complexity index is 690. The van der Waals surface area contributed by atoms with Crippen LogP contribution < -0.4 is 5.32 Å². The first-order valence-electron chi connectivity index (χ1n) is 11.6. The van der Waals surface area contributed by atoms with E-state index in [0.29, 0.717) is 6.61 Å². The number of benzene rings is 1. The fourth-order valence-electron chi connectivity index (χ4n) is 4.51. The number of hydrogen-bond donors (Lipinski definition) is 1. The molecule has 0 aliphatic carbocycles. The summed E-state index contributed by atoms with van der Waals surface area (Å²) in [6.45, 7) is 8.20. The minimum Gasteiger partial charge on any atom is -0.466 e. The van der Waals surface area contributed by atoms with E-state index in [-0.39, 0.29) is 11.9 Å². The number of esters is 1. The van der Waals surface area contributed by atoms with E-state index in [0.717, 1.165) is 45.0 Å². The summed E-state index contributed by atoms with van der Waals surface area (Å²) in [5.41, 5.74) is 2.74. The Balaban J connectivity index is 1.53. The number of carbonyl (C=O) groups is 1. The van der Waals surface area contributed by atoms with Gasteiger partial charge in [0.1, 0.15) is 0 Å². The number of carbonyl (C=O) groups excluding carboxylic acids is 1. The summed E-state index contributed by atoms with van der Waals surface area (Å²) < 4.78 is 5.18. The van der Waals surface area contributed by atoms with Crippen molar-refractivity contribution in [2.45, 2.75) is 58.5 Å². The highest BCUT2D eigenvalue weighted by Crippen LogP contribution is 2.19. The maximum atomic E-state index is 12.0. The molecule has 2 saturated heterocycles. The van der Waals surface area contributed by atoms with Gasteiger partial charge in [-0.25, -0.2) is 0 Å². The molecule has 6 heteroatoms. The third kappa shape index (κ3) is 6.46. The molecule has 0 saturated carbocycles. The first kappa shape index (κ1) is 22.6. The predicted molar refractivity (Wildman–Crippen MR) is 121 cm³/mol. The first-order chi connectivity index (χ1) is 14.7. The van der Waals surface area contributed by atoms with Gasteiger partial charge in [0.15, 0.2) is 5.96 Å². The minimum atomic E-state index is -0.0532. The molecule has 0 unspecified atom stereocenters. The smallest absolute Gasteiger partial charge is 0.309 e.